The summed E-state index contributed by atoms with van der Waals surface area (Å²) in [5.74, 6) is -0.223. The summed E-state index contributed by atoms with van der Waals surface area (Å²) in [5, 5.41) is 2.72. The molecule has 15 heavy (non-hydrogen) atoms. The molecule has 0 fully saturated rings. The molecule has 0 heterocycles. The van der Waals surface area contributed by atoms with Gasteiger partial charge < -0.3 is 5.32 Å². The molecule has 1 aromatic carbocycles. The Bertz CT molecular complexity index is 385. The van der Waals surface area contributed by atoms with Crippen LogP contribution in [0, 0.1) is 0 Å². The zero-order valence-electron chi connectivity index (χ0n) is 9.20. The average molecular weight is 205 g/mol. The van der Waals surface area contributed by atoms with Crippen molar-refractivity contribution in [3.05, 3.63) is 29.8 Å². The highest BCUT2D eigenvalue weighted by molar-refractivity contribution is 5.92. The number of anilines is 1. The minimum absolute atomic E-state index is 0.0906. The molecule has 1 rings (SSSR count). The molecule has 0 spiro atoms. The zero-order valence-corrected chi connectivity index (χ0v) is 9.20. The van der Waals surface area contributed by atoms with Gasteiger partial charge in [0.15, 0.2) is 0 Å². The fourth-order valence-electron chi connectivity index (χ4n) is 1.40. The van der Waals surface area contributed by atoms with Crippen LogP contribution in [0.5, 0.6) is 0 Å². The van der Waals surface area contributed by atoms with E-state index in [1.165, 1.54) is 6.92 Å². The lowest BCUT2D eigenvalue weighted by Crippen LogP contribution is -2.12. The van der Waals surface area contributed by atoms with E-state index in [1.807, 2.05) is 25.1 Å². The number of para-hydroxylation sites is 1. The predicted octanol–water partition coefficient (Wildman–Crippen LogP) is 2.34. The highest BCUT2D eigenvalue weighted by Crippen LogP contribution is 2.24. The third-order valence-electron chi connectivity index (χ3n) is 2.35. The van der Waals surface area contributed by atoms with Crippen molar-refractivity contribution in [1.82, 2.24) is 0 Å². The standard InChI is InChI=1S/C12H15NO2/c1-8(9(2)14)11-6-4-5-7-12(11)13-10(3)15/h4-8H,1-3H3,(H,13,15)/t8-/m1/s1. The van der Waals surface area contributed by atoms with Gasteiger partial charge in [0.05, 0.1) is 0 Å². The highest BCUT2D eigenvalue weighted by atomic mass is 16.1. The van der Waals surface area contributed by atoms with Gasteiger partial charge in [-0.3, -0.25) is 9.59 Å². The lowest BCUT2D eigenvalue weighted by atomic mass is 9.96. The number of benzene rings is 1. The number of nitrogens with one attached hydrogen (secondary N) is 1. The van der Waals surface area contributed by atoms with Crippen LogP contribution in [0.4, 0.5) is 5.69 Å². The van der Waals surface area contributed by atoms with Crippen LogP contribution in [0.3, 0.4) is 0 Å². The van der Waals surface area contributed by atoms with Gasteiger partial charge in [0.2, 0.25) is 5.91 Å². The normalized spacial score (nSPS) is 11.9. The van der Waals surface area contributed by atoms with Crippen molar-refractivity contribution in [3.63, 3.8) is 0 Å². The molecule has 1 atom stereocenters. The van der Waals surface area contributed by atoms with Crippen molar-refractivity contribution in [2.45, 2.75) is 26.7 Å². The Labute approximate surface area is 89.5 Å². The third kappa shape index (κ3) is 2.91. The second-order valence-electron chi connectivity index (χ2n) is 3.60. The van der Waals surface area contributed by atoms with Crippen molar-refractivity contribution in [1.29, 1.82) is 0 Å². The molecule has 80 valence electrons. The first-order chi connectivity index (χ1) is 7.02. The van der Waals surface area contributed by atoms with Gasteiger partial charge >= 0.3 is 0 Å². The monoisotopic (exact) mass is 205 g/mol. The summed E-state index contributed by atoms with van der Waals surface area (Å²) in [5.41, 5.74) is 1.58. The van der Waals surface area contributed by atoms with Crippen molar-refractivity contribution < 1.29 is 9.59 Å². The van der Waals surface area contributed by atoms with Crippen molar-refractivity contribution in [3.8, 4) is 0 Å². The van der Waals surface area contributed by atoms with Gasteiger partial charge in [-0.1, -0.05) is 25.1 Å². The Kier molecular flexibility index (Phi) is 3.61. The van der Waals surface area contributed by atoms with Crippen molar-refractivity contribution in [2.24, 2.45) is 0 Å². The maximum Gasteiger partial charge on any atom is 0.221 e. The first-order valence-corrected chi connectivity index (χ1v) is 4.89. The summed E-state index contributed by atoms with van der Waals surface area (Å²) in [7, 11) is 0. The Hall–Kier alpha value is -1.64. The molecule has 1 aromatic rings. The van der Waals surface area contributed by atoms with Gasteiger partial charge in [-0.25, -0.2) is 0 Å². The molecular formula is C12H15NO2. The molecule has 3 nitrogen and oxygen atoms in total. The van der Waals surface area contributed by atoms with E-state index in [-0.39, 0.29) is 17.6 Å². The molecule has 0 aliphatic heterocycles. The molecule has 0 aromatic heterocycles. The van der Waals surface area contributed by atoms with Crippen molar-refractivity contribution in [2.75, 3.05) is 5.32 Å². The molecule has 3 heteroatoms. The number of hydrogen-bond acceptors (Lipinski definition) is 2. The van der Waals surface area contributed by atoms with Crippen LogP contribution >= 0.6 is 0 Å². The number of rotatable bonds is 3. The molecule has 0 aliphatic carbocycles. The molecule has 1 amide bonds. The van der Waals surface area contributed by atoms with Crippen LogP contribution in [0.2, 0.25) is 0 Å². The molecule has 0 bridgehead atoms. The number of hydrogen-bond donors (Lipinski definition) is 1. The first kappa shape index (κ1) is 11.4. The molecule has 0 saturated heterocycles. The van der Waals surface area contributed by atoms with Crippen LogP contribution in [-0.4, -0.2) is 11.7 Å². The third-order valence-corrected chi connectivity index (χ3v) is 2.35. The number of ketones is 1. The first-order valence-electron chi connectivity index (χ1n) is 4.89. The fourth-order valence-corrected chi connectivity index (χ4v) is 1.40. The van der Waals surface area contributed by atoms with Gasteiger partial charge in [0.25, 0.3) is 0 Å². The van der Waals surface area contributed by atoms with E-state index < -0.39 is 0 Å². The van der Waals surface area contributed by atoms with Crippen LogP contribution in [0.25, 0.3) is 0 Å². The Balaban J connectivity index is 3.05. The van der Waals surface area contributed by atoms with E-state index in [2.05, 4.69) is 5.32 Å². The summed E-state index contributed by atoms with van der Waals surface area (Å²) >= 11 is 0. The number of amides is 1. The number of Topliss-reactive ketones (excluding diaryl/α,β-unsaturated/α-hetero) is 1. The van der Waals surface area contributed by atoms with E-state index in [0.29, 0.717) is 5.69 Å². The lowest BCUT2D eigenvalue weighted by molar-refractivity contribution is -0.118. The Morgan fingerprint density at radius 2 is 1.80 bits per heavy atom. The summed E-state index contributed by atoms with van der Waals surface area (Å²) in [6, 6.07) is 7.36. The minimum atomic E-state index is -0.187. The van der Waals surface area contributed by atoms with E-state index in [1.54, 1.807) is 13.0 Å². The van der Waals surface area contributed by atoms with E-state index in [0.717, 1.165) is 5.56 Å². The van der Waals surface area contributed by atoms with Gasteiger partial charge in [0.1, 0.15) is 5.78 Å². The molecule has 0 radical (unpaired) electrons. The average Bonchev–Trinajstić information content (AvgIpc) is 2.16. The quantitative estimate of drug-likeness (QED) is 0.823. The Morgan fingerprint density at radius 3 is 2.33 bits per heavy atom. The largest absolute Gasteiger partial charge is 0.326 e. The molecule has 0 saturated carbocycles. The van der Waals surface area contributed by atoms with Crippen molar-refractivity contribution >= 4 is 17.4 Å². The number of carbonyl (C=O) groups excluding carboxylic acids is 2. The van der Waals surface area contributed by atoms with E-state index >= 15 is 0 Å². The van der Waals surface area contributed by atoms with Crippen LogP contribution in [-0.2, 0) is 9.59 Å². The predicted molar refractivity (Wildman–Crippen MR) is 59.8 cm³/mol. The molecular weight excluding hydrogens is 190 g/mol. The lowest BCUT2D eigenvalue weighted by Gasteiger charge is -2.13. The van der Waals surface area contributed by atoms with Crippen LogP contribution < -0.4 is 5.32 Å². The fraction of sp³-hybridized carbons (Fsp3) is 0.333. The van der Waals surface area contributed by atoms with Gasteiger partial charge in [-0.05, 0) is 18.6 Å². The minimum Gasteiger partial charge on any atom is -0.326 e. The zero-order chi connectivity index (χ0) is 11.4. The SMILES string of the molecule is CC(=O)Nc1ccccc1[C@H](C)C(C)=O. The summed E-state index contributed by atoms with van der Waals surface area (Å²) in [4.78, 5) is 22.2. The maximum atomic E-state index is 11.3. The Morgan fingerprint density at radius 1 is 1.20 bits per heavy atom. The smallest absolute Gasteiger partial charge is 0.221 e. The van der Waals surface area contributed by atoms with Gasteiger partial charge in [-0.15, -0.1) is 0 Å². The highest BCUT2D eigenvalue weighted by Gasteiger charge is 2.14. The summed E-state index contributed by atoms with van der Waals surface area (Å²) < 4.78 is 0. The van der Waals surface area contributed by atoms with E-state index in [9.17, 15) is 9.59 Å². The molecule has 0 unspecified atom stereocenters. The van der Waals surface area contributed by atoms with Gasteiger partial charge in [0, 0.05) is 18.5 Å². The van der Waals surface area contributed by atoms with Gasteiger partial charge in [-0.2, -0.15) is 0 Å². The number of carbonyl (C=O) groups is 2. The second-order valence-corrected chi connectivity index (χ2v) is 3.60. The summed E-state index contributed by atoms with van der Waals surface area (Å²) in [6.45, 7) is 4.84. The van der Waals surface area contributed by atoms with Crippen LogP contribution in [0.1, 0.15) is 32.3 Å². The molecule has 1 N–H and O–H groups in total. The maximum absolute atomic E-state index is 11.3. The summed E-state index contributed by atoms with van der Waals surface area (Å²) in [6.07, 6.45) is 0. The molecule has 0 aliphatic rings. The van der Waals surface area contributed by atoms with Crippen LogP contribution in [0.15, 0.2) is 24.3 Å². The second kappa shape index (κ2) is 4.73. The topological polar surface area (TPSA) is 46.2 Å². The van der Waals surface area contributed by atoms with E-state index in [4.69, 9.17) is 0 Å².